The van der Waals surface area contributed by atoms with Crippen LogP contribution in [0.5, 0.6) is 11.5 Å². The van der Waals surface area contributed by atoms with Crippen molar-refractivity contribution in [2.24, 2.45) is 0 Å². The molecule has 18 heavy (non-hydrogen) atoms. The van der Waals surface area contributed by atoms with Crippen LogP contribution in [0.4, 0.5) is 0 Å². The topological polar surface area (TPSA) is 44.8 Å². The molecular weight excluding hydrogens is 232 g/mol. The van der Waals surface area contributed by atoms with Crippen LogP contribution < -0.4 is 9.47 Å². The van der Waals surface area contributed by atoms with Gasteiger partial charge >= 0.3 is 5.97 Å². The van der Waals surface area contributed by atoms with Crippen molar-refractivity contribution in [1.82, 2.24) is 0 Å². The number of cyclic esters (lactones) is 1. The van der Waals surface area contributed by atoms with Gasteiger partial charge in [-0.3, -0.25) is 0 Å². The van der Waals surface area contributed by atoms with Crippen molar-refractivity contribution >= 4 is 5.97 Å². The van der Waals surface area contributed by atoms with Gasteiger partial charge in [0, 0.05) is 12.0 Å². The molecule has 2 rings (SSSR count). The third-order valence-electron chi connectivity index (χ3n) is 2.91. The summed E-state index contributed by atoms with van der Waals surface area (Å²) in [6.07, 6.45) is 0.346. The molecule has 0 aromatic heterocycles. The van der Waals surface area contributed by atoms with Gasteiger partial charge in [0.2, 0.25) is 0 Å². The van der Waals surface area contributed by atoms with Crippen molar-refractivity contribution in [3.8, 4) is 11.5 Å². The van der Waals surface area contributed by atoms with Crippen molar-refractivity contribution in [1.29, 1.82) is 0 Å². The molecule has 96 valence electrons. The summed E-state index contributed by atoms with van der Waals surface area (Å²) >= 11 is 0. The first-order chi connectivity index (χ1) is 8.56. The van der Waals surface area contributed by atoms with Gasteiger partial charge in [0.25, 0.3) is 0 Å². The molecule has 1 heterocycles. The number of fused-ring (bicyclic) bond motifs is 1. The van der Waals surface area contributed by atoms with E-state index in [1.807, 2.05) is 6.92 Å². The Morgan fingerprint density at radius 1 is 1.33 bits per heavy atom. The van der Waals surface area contributed by atoms with Gasteiger partial charge in [0.1, 0.15) is 6.10 Å². The third-order valence-corrected chi connectivity index (χ3v) is 2.91. The number of esters is 1. The first-order valence-electron chi connectivity index (χ1n) is 5.68. The molecule has 0 amide bonds. The maximum Gasteiger partial charge on any atom is 0.339 e. The Hall–Kier alpha value is -1.97. The van der Waals surface area contributed by atoms with Crippen LogP contribution in [0.3, 0.4) is 0 Å². The number of ether oxygens (including phenoxy) is 3. The Morgan fingerprint density at radius 3 is 2.50 bits per heavy atom. The monoisotopic (exact) mass is 248 g/mol. The lowest BCUT2D eigenvalue weighted by Gasteiger charge is -2.12. The minimum atomic E-state index is -0.322. The minimum absolute atomic E-state index is 0.273. The van der Waals surface area contributed by atoms with Crippen LogP contribution in [0.25, 0.3) is 0 Å². The van der Waals surface area contributed by atoms with Crippen molar-refractivity contribution < 1.29 is 19.0 Å². The zero-order valence-corrected chi connectivity index (χ0v) is 10.8. The van der Waals surface area contributed by atoms with Gasteiger partial charge in [-0.25, -0.2) is 4.79 Å². The largest absolute Gasteiger partial charge is 0.493 e. The van der Waals surface area contributed by atoms with Crippen LogP contribution in [-0.4, -0.2) is 20.2 Å². The molecule has 1 aromatic carbocycles. The van der Waals surface area contributed by atoms with Crippen molar-refractivity contribution in [3.05, 3.63) is 35.4 Å². The van der Waals surface area contributed by atoms with E-state index in [9.17, 15) is 4.79 Å². The van der Waals surface area contributed by atoms with Gasteiger partial charge in [0.15, 0.2) is 11.5 Å². The normalized spacial score (nSPS) is 17.1. The van der Waals surface area contributed by atoms with Gasteiger partial charge in [0.05, 0.1) is 19.8 Å². The van der Waals surface area contributed by atoms with Crippen molar-refractivity contribution in [2.75, 3.05) is 14.2 Å². The van der Waals surface area contributed by atoms with E-state index in [0.29, 0.717) is 23.5 Å². The molecule has 0 saturated carbocycles. The second-order valence-corrected chi connectivity index (χ2v) is 4.35. The average Bonchev–Trinajstić information content (AvgIpc) is 2.63. The van der Waals surface area contributed by atoms with Crippen LogP contribution in [0.15, 0.2) is 24.3 Å². The predicted octanol–water partition coefficient (Wildman–Crippen LogP) is 2.88. The highest BCUT2D eigenvalue weighted by atomic mass is 16.5. The lowest BCUT2D eigenvalue weighted by molar-refractivity contribution is 0.0387. The maximum atomic E-state index is 11.8. The van der Waals surface area contributed by atoms with E-state index >= 15 is 0 Å². The zero-order chi connectivity index (χ0) is 13.3. The van der Waals surface area contributed by atoms with E-state index in [0.717, 1.165) is 11.1 Å². The van der Waals surface area contributed by atoms with E-state index in [2.05, 4.69) is 6.58 Å². The van der Waals surface area contributed by atoms with E-state index in [1.54, 1.807) is 19.2 Å². The average molecular weight is 248 g/mol. The molecule has 0 radical (unpaired) electrons. The van der Waals surface area contributed by atoms with E-state index in [1.165, 1.54) is 7.11 Å². The standard InChI is InChI=1S/C14H16O4/c1-8(2)5-11-9-6-12(16-3)13(17-4)7-10(9)14(15)18-11/h6-7,11H,1,5H2,2-4H3. The molecule has 0 bridgehead atoms. The number of rotatable bonds is 4. The number of hydrogen-bond donors (Lipinski definition) is 0. The SMILES string of the molecule is C=C(C)CC1OC(=O)c2cc(OC)c(OC)cc21. The van der Waals surface area contributed by atoms with Crippen LogP contribution in [0, 0.1) is 0 Å². The Labute approximate surface area is 106 Å². The van der Waals surface area contributed by atoms with Crippen molar-refractivity contribution in [3.63, 3.8) is 0 Å². The molecule has 0 fully saturated rings. The lowest BCUT2D eigenvalue weighted by Crippen LogP contribution is -1.98. The molecule has 1 aliphatic heterocycles. The summed E-state index contributed by atoms with van der Waals surface area (Å²) in [5, 5.41) is 0. The van der Waals surface area contributed by atoms with Gasteiger partial charge in [-0.1, -0.05) is 12.2 Å². The second kappa shape index (κ2) is 4.72. The molecule has 0 aliphatic carbocycles. The highest BCUT2D eigenvalue weighted by molar-refractivity contribution is 5.95. The van der Waals surface area contributed by atoms with Crippen LogP contribution >= 0.6 is 0 Å². The smallest absolute Gasteiger partial charge is 0.339 e. The first-order valence-corrected chi connectivity index (χ1v) is 5.68. The number of methoxy groups -OCH3 is 2. The molecule has 0 saturated heterocycles. The summed E-state index contributed by atoms with van der Waals surface area (Å²) in [5.41, 5.74) is 2.34. The van der Waals surface area contributed by atoms with Gasteiger partial charge in [-0.05, 0) is 19.1 Å². The quantitative estimate of drug-likeness (QED) is 0.607. The van der Waals surface area contributed by atoms with Gasteiger partial charge < -0.3 is 14.2 Å². The van der Waals surface area contributed by atoms with Crippen LogP contribution in [0.1, 0.15) is 35.4 Å². The van der Waals surface area contributed by atoms with Crippen LogP contribution in [0.2, 0.25) is 0 Å². The predicted molar refractivity (Wildman–Crippen MR) is 67.1 cm³/mol. The zero-order valence-electron chi connectivity index (χ0n) is 10.8. The molecule has 1 aliphatic rings. The number of hydrogen-bond acceptors (Lipinski definition) is 4. The Morgan fingerprint density at radius 2 is 1.94 bits per heavy atom. The fourth-order valence-corrected chi connectivity index (χ4v) is 2.06. The summed E-state index contributed by atoms with van der Waals surface area (Å²) in [4.78, 5) is 11.8. The Kier molecular flexibility index (Phi) is 3.28. The summed E-state index contributed by atoms with van der Waals surface area (Å²) in [7, 11) is 3.10. The molecular formula is C14H16O4. The van der Waals surface area contributed by atoms with Crippen LogP contribution in [-0.2, 0) is 4.74 Å². The fourth-order valence-electron chi connectivity index (χ4n) is 2.06. The third kappa shape index (κ3) is 2.06. The lowest BCUT2D eigenvalue weighted by atomic mass is 10.00. The summed E-state index contributed by atoms with van der Waals surface area (Å²) in [6.45, 7) is 5.75. The van der Waals surface area contributed by atoms with E-state index in [-0.39, 0.29) is 12.1 Å². The second-order valence-electron chi connectivity index (χ2n) is 4.35. The Balaban J connectivity index is 2.46. The van der Waals surface area contributed by atoms with E-state index in [4.69, 9.17) is 14.2 Å². The first kappa shape index (κ1) is 12.5. The van der Waals surface area contributed by atoms with Gasteiger partial charge in [-0.2, -0.15) is 0 Å². The molecule has 0 spiro atoms. The Bertz CT molecular complexity index is 505. The highest BCUT2D eigenvalue weighted by Crippen LogP contribution is 2.40. The number of benzene rings is 1. The summed E-state index contributed by atoms with van der Waals surface area (Å²) in [6, 6.07) is 3.46. The molecule has 1 aromatic rings. The molecule has 4 heteroatoms. The summed E-state index contributed by atoms with van der Waals surface area (Å²) < 4.78 is 15.7. The maximum absolute atomic E-state index is 11.8. The number of carbonyl (C=O) groups is 1. The number of carbonyl (C=O) groups excluding carboxylic acids is 1. The molecule has 1 unspecified atom stereocenters. The summed E-state index contributed by atoms with van der Waals surface area (Å²) in [5.74, 6) is 0.808. The van der Waals surface area contributed by atoms with Gasteiger partial charge in [-0.15, -0.1) is 0 Å². The van der Waals surface area contributed by atoms with Crippen molar-refractivity contribution in [2.45, 2.75) is 19.4 Å². The molecule has 1 atom stereocenters. The molecule has 0 N–H and O–H groups in total. The highest BCUT2D eigenvalue weighted by Gasteiger charge is 2.32. The molecule has 4 nitrogen and oxygen atoms in total. The van der Waals surface area contributed by atoms with E-state index < -0.39 is 0 Å². The minimum Gasteiger partial charge on any atom is -0.493 e. The fraction of sp³-hybridized carbons (Fsp3) is 0.357.